The van der Waals surface area contributed by atoms with Crippen LogP contribution in [0.4, 0.5) is 11.6 Å². The van der Waals surface area contributed by atoms with Gasteiger partial charge >= 0.3 is 5.97 Å². The molecule has 1 fully saturated rings. The van der Waals surface area contributed by atoms with Gasteiger partial charge in [0.1, 0.15) is 5.82 Å². The van der Waals surface area contributed by atoms with E-state index in [1.807, 2.05) is 25.2 Å². The van der Waals surface area contributed by atoms with Crippen LogP contribution in [-0.4, -0.2) is 53.9 Å². The molecule has 0 aromatic carbocycles. The van der Waals surface area contributed by atoms with E-state index in [4.69, 9.17) is 4.74 Å². The molecule has 7 nitrogen and oxygen atoms in total. The van der Waals surface area contributed by atoms with Gasteiger partial charge in [-0.3, -0.25) is 0 Å². The van der Waals surface area contributed by atoms with Crippen molar-refractivity contribution in [1.82, 2.24) is 15.2 Å². The first kappa shape index (κ1) is 17.1. The highest BCUT2D eigenvalue weighted by atomic mass is 16.5. The summed E-state index contributed by atoms with van der Waals surface area (Å²) in [5.41, 5.74) is 0.476. The Hall–Kier alpha value is -2.70. The van der Waals surface area contributed by atoms with Crippen LogP contribution in [-0.2, 0) is 4.74 Å². The molecule has 0 bridgehead atoms. The summed E-state index contributed by atoms with van der Waals surface area (Å²) in [4.78, 5) is 20.6. The van der Waals surface area contributed by atoms with Gasteiger partial charge in [-0.25, -0.2) is 9.78 Å². The van der Waals surface area contributed by atoms with Gasteiger partial charge < -0.3 is 14.5 Å². The van der Waals surface area contributed by atoms with Crippen LogP contribution in [0.5, 0.6) is 0 Å². The second kappa shape index (κ2) is 7.92. The lowest BCUT2D eigenvalue weighted by Crippen LogP contribution is -2.47. The van der Waals surface area contributed by atoms with Crippen LogP contribution in [0.2, 0.25) is 0 Å². The molecule has 1 unspecified atom stereocenters. The summed E-state index contributed by atoms with van der Waals surface area (Å²) in [6.07, 6.45) is 5.44. The molecule has 0 spiro atoms. The van der Waals surface area contributed by atoms with E-state index in [9.17, 15) is 4.79 Å². The summed E-state index contributed by atoms with van der Waals surface area (Å²) in [7, 11) is 2.04. The highest BCUT2D eigenvalue weighted by Crippen LogP contribution is 2.23. The molecule has 1 aliphatic heterocycles. The summed E-state index contributed by atoms with van der Waals surface area (Å²) in [5.74, 6) is 1.42. The number of carbonyl (C=O) groups is 1. The topological polar surface area (TPSA) is 71.5 Å². The van der Waals surface area contributed by atoms with Gasteiger partial charge in [-0.15, -0.1) is 5.10 Å². The number of hydrogen-bond acceptors (Lipinski definition) is 7. The van der Waals surface area contributed by atoms with Gasteiger partial charge in [0, 0.05) is 38.6 Å². The maximum absolute atomic E-state index is 11.7. The van der Waals surface area contributed by atoms with E-state index >= 15 is 0 Å². The lowest BCUT2D eigenvalue weighted by Gasteiger charge is -2.38. The Labute approximate surface area is 147 Å². The predicted molar refractivity (Wildman–Crippen MR) is 95.9 cm³/mol. The first-order valence-corrected chi connectivity index (χ1v) is 8.57. The van der Waals surface area contributed by atoms with E-state index in [1.54, 1.807) is 25.4 Å². The predicted octanol–water partition coefficient (Wildman–Crippen LogP) is 2.15. The zero-order chi connectivity index (χ0) is 17.6. The van der Waals surface area contributed by atoms with Crippen molar-refractivity contribution in [2.45, 2.75) is 25.8 Å². The third-order valence-electron chi connectivity index (χ3n) is 4.45. The van der Waals surface area contributed by atoms with Crippen LogP contribution >= 0.6 is 0 Å². The standard InChI is InChI=1S/C18H23N5O2/c1-3-25-18(24)14-8-9-16(19-12-14)22(2)15-6-5-11-23(13-15)17-7-4-10-20-21-17/h4,7-10,12,15H,3,5-6,11,13H2,1-2H3. The zero-order valence-electron chi connectivity index (χ0n) is 14.6. The van der Waals surface area contributed by atoms with Gasteiger partial charge in [-0.1, -0.05) is 0 Å². The van der Waals surface area contributed by atoms with Crippen molar-refractivity contribution < 1.29 is 9.53 Å². The van der Waals surface area contributed by atoms with E-state index < -0.39 is 0 Å². The number of ether oxygens (including phenoxy) is 1. The monoisotopic (exact) mass is 341 g/mol. The average Bonchev–Trinajstić information content (AvgIpc) is 2.68. The fourth-order valence-electron chi connectivity index (χ4n) is 3.06. The lowest BCUT2D eigenvalue weighted by atomic mass is 10.0. The minimum atomic E-state index is -0.337. The molecule has 1 aliphatic rings. The number of piperidine rings is 1. The number of aromatic nitrogens is 3. The van der Waals surface area contributed by atoms with Crippen molar-refractivity contribution in [1.29, 1.82) is 0 Å². The van der Waals surface area contributed by atoms with Crippen molar-refractivity contribution in [3.63, 3.8) is 0 Å². The molecule has 132 valence electrons. The summed E-state index contributed by atoms with van der Waals surface area (Å²) < 4.78 is 5.00. The molecule has 1 atom stereocenters. The molecule has 2 aromatic heterocycles. The van der Waals surface area contributed by atoms with Gasteiger partial charge in [0.05, 0.1) is 12.2 Å². The molecule has 7 heteroatoms. The number of carbonyl (C=O) groups excluding carboxylic acids is 1. The average molecular weight is 341 g/mol. The van der Waals surface area contributed by atoms with E-state index in [1.165, 1.54) is 0 Å². The highest BCUT2D eigenvalue weighted by molar-refractivity contribution is 5.89. The number of pyridine rings is 1. The second-order valence-electron chi connectivity index (χ2n) is 6.06. The minimum absolute atomic E-state index is 0.330. The van der Waals surface area contributed by atoms with Gasteiger partial charge in [0.15, 0.2) is 5.82 Å². The van der Waals surface area contributed by atoms with Gasteiger partial charge in [-0.05, 0) is 44.0 Å². The molecule has 2 aromatic rings. The quantitative estimate of drug-likeness (QED) is 0.772. The third-order valence-corrected chi connectivity index (χ3v) is 4.45. The van der Waals surface area contributed by atoms with E-state index in [0.29, 0.717) is 18.2 Å². The molecule has 3 heterocycles. The molecular formula is C18H23N5O2. The number of anilines is 2. The van der Waals surface area contributed by atoms with E-state index in [2.05, 4.69) is 25.0 Å². The summed E-state index contributed by atoms with van der Waals surface area (Å²) >= 11 is 0. The molecule has 0 amide bonds. The van der Waals surface area contributed by atoms with Crippen molar-refractivity contribution in [3.8, 4) is 0 Å². The molecule has 0 saturated carbocycles. The Morgan fingerprint density at radius 3 is 2.96 bits per heavy atom. The van der Waals surface area contributed by atoms with Gasteiger partial charge in [-0.2, -0.15) is 5.10 Å². The molecule has 3 rings (SSSR count). The van der Waals surface area contributed by atoms with Crippen molar-refractivity contribution in [2.75, 3.05) is 36.5 Å². The number of nitrogens with zero attached hydrogens (tertiary/aromatic N) is 5. The number of hydrogen-bond donors (Lipinski definition) is 0. The normalized spacial score (nSPS) is 17.2. The van der Waals surface area contributed by atoms with Crippen molar-refractivity contribution >= 4 is 17.6 Å². The Morgan fingerprint density at radius 1 is 1.40 bits per heavy atom. The fourth-order valence-corrected chi connectivity index (χ4v) is 3.06. The maximum Gasteiger partial charge on any atom is 0.339 e. The Kier molecular flexibility index (Phi) is 5.42. The second-order valence-corrected chi connectivity index (χ2v) is 6.06. The largest absolute Gasteiger partial charge is 0.462 e. The first-order valence-electron chi connectivity index (χ1n) is 8.57. The molecule has 0 N–H and O–H groups in total. The minimum Gasteiger partial charge on any atom is -0.462 e. The zero-order valence-corrected chi connectivity index (χ0v) is 14.6. The van der Waals surface area contributed by atoms with Gasteiger partial charge in [0.2, 0.25) is 0 Å². The Morgan fingerprint density at radius 2 is 2.28 bits per heavy atom. The van der Waals surface area contributed by atoms with Crippen molar-refractivity contribution in [3.05, 3.63) is 42.2 Å². The maximum atomic E-state index is 11.7. The molecule has 1 saturated heterocycles. The lowest BCUT2D eigenvalue weighted by molar-refractivity contribution is 0.0526. The first-order chi connectivity index (χ1) is 12.2. The summed E-state index contributed by atoms with van der Waals surface area (Å²) in [6, 6.07) is 7.86. The SMILES string of the molecule is CCOC(=O)c1ccc(N(C)C2CCCN(c3cccnn3)C2)nc1. The van der Waals surface area contributed by atoms with Crippen LogP contribution in [0.3, 0.4) is 0 Å². The molecule has 0 aliphatic carbocycles. The smallest absolute Gasteiger partial charge is 0.339 e. The number of likely N-dealkylation sites (N-methyl/N-ethyl adjacent to an activating group) is 1. The molecule has 25 heavy (non-hydrogen) atoms. The highest BCUT2D eigenvalue weighted by Gasteiger charge is 2.25. The fraction of sp³-hybridized carbons (Fsp3) is 0.444. The van der Waals surface area contributed by atoms with Crippen LogP contribution in [0.25, 0.3) is 0 Å². The molecule has 0 radical (unpaired) electrons. The van der Waals surface area contributed by atoms with Crippen LogP contribution in [0.15, 0.2) is 36.7 Å². The van der Waals surface area contributed by atoms with Gasteiger partial charge in [0.25, 0.3) is 0 Å². The summed E-state index contributed by atoms with van der Waals surface area (Å²) in [6.45, 7) is 4.01. The van der Waals surface area contributed by atoms with Crippen molar-refractivity contribution in [2.24, 2.45) is 0 Å². The Bertz CT molecular complexity index is 692. The third kappa shape index (κ3) is 4.04. The molecular weight excluding hydrogens is 318 g/mol. The Balaban J connectivity index is 1.67. The van der Waals surface area contributed by atoms with E-state index in [0.717, 1.165) is 37.6 Å². The number of rotatable bonds is 5. The van der Waals surface area contributed by atoms with Crippen LogP contribution in [0.1, 0.15) is 30.1 Å². The van der Waals surface area contributed by atoms with Crippen LogP contribution < -0.4 is 9.80 Å². The van der Waals surface area contributed by atoms with Crippen LogP contribution in [0, 0.1) is 0 Å². The van der Waals surface area contributed by atoms with E-state index in [-0.39, 0.29) is 5.97 Å². The number of esters is 1. The summed E-state index contributed by atoms with van der Waals surface area (Å²) in [5, 5.41) is 8.18.